The number of hydrogen-bond donors (Lipinski definition) is 2. The van der Waals surface area contributed by atoms with E-state index in [4.69, 9.17) is 11.5 Å². The minimum atomic E-state index is 0.174. The number of nitrogens with zero attached hydrogens (tertiary/aromatic N) is 3. The fourth-order valence-corrected chi connectivity index (χ4v) is 1.51. The van der Waals surface area contributed by atoms with Gasteiger partial charge in [0.25, 0.3) is 0 Å². The van der Waals surface area contributed by atoms with Gasteiger partial charge < -0.3 is 10.4 Å². The molecule has 1 aromatic heterocycles. The largest absolute Gasteiger partial charge is 0.396 e. The minimum absolute atomic E-state index is 0.174. The quantitative estimate of drug-likeness (QED) is 0.647. The van der Waals surface area contributed by atoms with Gasteiger partial charge in [-0.1, -0.05) is 12.1 Å². The molecular formula is C12H20N4O. The van der Waals surface area contributed by atoms with Crippen molar-refractivity contribution in [2.75, 3.05) is 6.61 Å². The number of terminal acetylenes is 1. The van der Waals surface area contributed by atoms with Gasteiger partial charge in [0.05, 0.1) is 5.69 Å². The van der Waals surface area contributed by atoms with Crippen LogP contribution in [-0.2, 0) is 13.1 Å². The van der Waals surface area contributed by atoms with E-state index in [1.165, 1.54) is 0 Å². The van der Waals surface area contributed by atoms with Crippen molar-refractivity contribution in [1.82, 2.24) is 20.3 Å². The molecular weight excluding hydrogens is 216 g/mol. The van der Waals surface area contributed by atoms with E-state index in [0.717, 1.165) is 18.5 Å². The topological polar surface area (TPSA) is 63.0 Å². The molecule has 0 aliphatic carbocycles. The Bertz CT molecular complexity index is 356. The lowest BCUT2D eigenvalue weighted by Crippen LogP contribution is -2.27. The molecule has 0 bridgehead atoms. The molecule has 0 aliphatic heterocycles. The Kier molecular flexibility index (Phi) is 6.30. The van der Waals surface area contributed by atoms with Crippen LogP contribution < -0.4 is 5.32 Å². The lowest BCUT2D eigenvalue weighted by molar-refractivity contribution is 0.276. The number of aromatic nitrogens is 3. The minimum Gasteiger partial charge on any atom is -0.396 e. The van der Waals surface area contributed by atoms with Crippen LogP contribution in [0.5, 0.6) is 0 Å². The van der Waals surface area contributed by atoms with Crippen LogP contribution in [-0.4, -0.2) is 32.7 Å². The molecule has 5 heteroatoms. The first-order chi connectivity index (χ1) is 8.30. The summed E-state index contributed by atoms with van der Waals surface area (Å²) in [5.41, 5.74) is 0.901. The fourth-order valence-electron chi connectivity index (χ4n) is 1.51. The van der Waals surface area contributed by atoms with Gasteiger partial charge in [-0.15, -0.1) is 17.4 Å². The average Bonchev–Trinajstić information content (AvgIpc) is 2.80. The molecule has 17 heavy (non-hydrogen) atoms. The highest BCUT2D eigenvalue weighted by Gasteiger charge is 2.05. The van der Waals surface area contributed by atoms with Crippen molar-refractivity contribution in [2.45, 2.75) is 45.3 Å². The van der Waals surface area contributed by atoms with Crippen LogP contribution in [0.3, 0.4) is 0 Å². The lowest BCUT2D eigenvalue weighted by atomic mass is 10.1. The molecule has 0 amide bonds. The number of aliphatic hydroxyl groups excluding tert-OH is 1. The summed E-state index contributed by atoms with van der Waals surface area (Å²) in [6.45, 7) is 3.66. The highest BCUT2D eigenvalue weighted by molar-refractivity contribution is 4.94. The van der Waals surface area contributed by atoms with Gasteiger partial charge in [-0.2, -0.15) is 0 Å². The van der Waals surface area contributed by atoms with Gasteiger partial charge in [-0.3, -0.25) is 4.68 Å². The highest BCUT2D eigenvalue weighted by Crippen LogP contribution is 1.99. The smallest absolute Gasteiger partial charge is 0.0964 e. The van der Waals surface area contributed by atoms with Crippen molar-refractivity contribution in [3.8, 4) is 12.3 Å². The van der Waals surface area contributed by atoms with E-state index in [2.05, 4.69) is 28.5 Å². The number of aliphatic hydroxyl groups is 1. The van der Waals surface area contributed by atoms with Gasteiger partial charge in [-0.05, 0) is 12.8 Å². The molecule has 0 spiro atoms. The van der Waals surface area contributed by atoms with Gasteiger partial charge in [0, 0.05) is 38.4 Å². The summed E-state index contributed by atoms with van der Waals surface area (Å²) in [5, 5.41) is 20.1. The summed E-state index contributed by atoms with van der Waals surface area (Å²) in [6, 6.07) is 0.336. The average molecular weight is 236 g/mol. The zero-order chi connectivity index (χ0) is 12.5. The Morgan fingerprint density at radius 1 is 1.65 bits per heavy atom. The van der Waals surface area contributed by atoms with Crippen molar-refractivity contribution in [3.63, 3.8) is 0 Å². The standard InChI is InChI=1S/C12H20N4O/c1-3-6-11(4-2)13-9-12-10-16(15-14-12)7-5-8-17/h1,10-11,13,17H,4-9H2,2H3. The SMILES string of the molecule is C#CCC(CC)NCc1cn(CCCO)nn1. The molecule has 0 aliphatic rings. The Balaban J connectivity index is 2.36. The molecule has 94 valence electrons. The molecule has 0 radical (unpaired) electrons. The zero-order valence-corrected chi connectivity index (χ0v) is 10.3. The van der Waals surface area contributed by atoms with Crippen LogP contribution in [0.4, 0.5) is 0 Å². The number of nitrogens with one attached hydrogen (secondary N) is 1. The Morgan fingerprint density at radius 3 is 3.12 bits per heavy atom. The summed E-state index contributed by atoms with van der Waals surface area (Å²) in [4.78, 5) is 0. The second-order valence-electron chi connectivity index (χ2n) is 3.94. The van der Waals surface area contributed by atoms with Gasteiger partial charge in [0.15, 0.2) is 0 Å². The van der Waals surface area contributed by atoms with Crippen molar-refractivity contribution < 1.29 is 5.11 Å². The summed E-state index contributed by atoms with van der Waals surface area (Å²) >= 11 is 0. The van der Waals surface area contributed by atoms with Crippen molar-refractivity contribution >= 4 is 0 Å². The predicted octanol–water partition coefficient (Wildman–Crippen LogP) is 0.552. The van der Waals surface area contributed by atoms with E-state index in [9.17, 15) is 0 Å². The monoisotopic (exact) mass is 236 g/mol. The molecule has 0 fully saturated rings. The van der Waals surface area contributed by atoms with Gasteiger partial charge in [0.1, 0.15) is 0 Å². The van der Waals surface area contributed by atoms with E-state index in [1.807, 2.05) is 6.20 Å². The molecule has 1 rings (SSSR count). The Morgan fingerprint density at radius 2 is 2.47 bits per heavy atom. The summed E-state index contributed by atoms with van der Waals surface area (Å²) in [6.07, 6.45) is 9.61. The van der Waals surface area contributed by atoms with Crippen LogP contribution >= 0.6 is 0 Å². The molecule has 1 heterocycles. The van der Waals surface area contributed by atoms with Crippen molar-refractivity contribution in [1.29, 1.82) is 0 Å². The van der Waals surface area contributed by atoms with E-state index in [0.29, 0.717) is 25.6 Å². The van der Waals surface area contributed by atoms with Gasteiger partial charge in [0.2, 0.25) is 0 Å². The van der Waals surface area contributed by atoms with Crippen LogP contribution in [0.2, 0.25) is 0 Å². The number of aryl methyl sites for hydroxylation is 1. The van der Waals surface area contributed by atoms with Crippen LogP contribution in [0.1, 0.15) is 31.9 Å². The second kappa shape index (κ2) is 7.82. The van der Waals surface area contributed by atoms with E-state index < -0.39 is 0 Å². The molecule has 1 atom stereocenters. The third-order valence-electron chi connectivity index (χ3n) is 2.56. The maximum absolute atomic E-state index is 8.71. The molecule has 1 aromatic rings. The number of rotatable bonds is 8. The summed E-state index contributed by atoms with van der Waals surface area (Å²) in [7, 11) is 0. The van der Waals surface area contributed by atoms with E-state index >= 15 is 0 Å². The Hall–Kier alpha value is -1.38. The molecule has 0 saturated heterocycles. The number of hydrogen-bond acceptors (Lipinski definition) is 4. The van der Waals surface area contributed by atoms with Crippen LogP contribution in [0.15, 0.2) is 6.20 Å². The molecule has 0 saturated carbocycles. The molecule has 0 aromatic carbocycles. The maximum Gasteiger partial charge on any atom is 0.0964 e. The molecule has 1 unspecified atom stereocenters. The normalized spacial score (nSPS) is 12.3. The van der Waals surface area contributed by atoms with Gasteiger partial charge in [-0.25, -0.2) is 0 Å². The first-order valence-electron chi connectivity index (χ1n) is 5.96. The van der Waals surface area contributed by atoms with E-state index in [-0.39, 0.29) is 6.61 Å². The molecule has 5 nitrogen and oxygen atoms in total. The van der Waals surface area contributed by atoms with Crippen LogP contribution in [0.25, 0.3) is 0 Å². The van der Waals surface area contributed by atoms with Gasteiger partial charge >= 0.3 is 0 Å². The first kappa shape index (κ1) is 13.7. The Labute approximate surface area is 102 Å². The van der Waals surface area contributed by atoms with Crippen LogP contribution in [0, 0.1) is 12.3 Å². The zero-order valence-electron chi connectivity index (χ0n) is 10.3. The lowest BCUT2D eigenvalue weighted by Gasteiger charge is -2.12. The molecule has 2 N–H and O–H groups in total. The maximum atomic E-state index is 8.71. The second-order valence-corrected chi connectivity index (χ2v) is 3.94. The van der Waals surface area contributed by atoms with E-state index in [1.54, 1.807) is 4.68 Å². The third-order valence-corrected chi connectivity index (χ3v) is 2.56. The fraction of sp³-hybridized carbons (Fsp3) is 0.667. The summed E-state index contributed by atoms with van der Waals surface area (Å²) < 4.78 is 1.75. The van der Waals surface area contributed by atoms with Crippen molar-refractivity contribution in [2.24, 2.45) is 0 Å². The highest BCUT2D eigenvalue weighted by atomic mass is 16.3. The first-order valence-corrected chi connectivity index (χ1v) is 5.96. The van der Waals surface area contributed by atoms with Crippen molar-refractivity contribution in [3.05, 3.63) is 11.9 Å². The third kappa shape index (κ3) is 4.98. The summed E-state index contributed by atoms with van der Waals surface area (Å²) in [5.74, 6) is 2.66. The predicted molar refractivity (Wildman–Crippen MR) is 66.1 cm³/mol.